The van der Waals surface area contributed by atoms with E-state index in [0.717, 1.165) is 12.0 Å². The van der Waals surface area contributed by atoms with Gasteiger partial charge < -0.3 is 19.4 Å². The van der Waals surface area contributed by atoms with Crippen molar-refractivity contribution in [3.8, 4) is 0 Å². The summed E-state index contributed by atoms with van der Waals surface area (Å²) < 4.78 is 5.08. The van der Waals surface area contributed by atoms with Crippen LogP contribution in [0.15, 0.2) is 30.3 Å². The first-order valence-electron chi connectivity index (χ1n) is 12.4. The van der Waals surface area contributed by atoms with Gasteiger partial charge in [0, 0.05) is 45.6 Å². The van der Waals surface area contributed by atoms with Gasteiger partial charge in [0.15, 0.2) is 0 Å². The molecular weight excluding hydrogens is 434 g/mol. The molecule has 34 heavy (non-hydrogen) atoms. The molecule has 8 nitrogen and oxygen atoms in total. The monoisotopic (exact) mass is 471 g/mol. The largest absolute Gasteiger partial charge is 0.466 e. The number of nitrogens with zero attached hydrogens (tertiary/aromatic N) is 3. The summed E-state index contributed by atoms with van der Waals surface area (Å²) in [7, 11) is 1.67. The van der Waals surface area contributed by atoms with E-state index in [0.29, 0.717) is 64.9 Å². The second-order valence-corrected chi connectivity index (χ2v) is 9.24. The summed E-state index contributed by atoms with van der Waals surface area (Å²) in [6.45, 7) is 4.37. The fourth-order valence-electron chi connectivity index (χ4n) is 4.75. The van der Waals surface area contributed by atoms with E-state index >= 15 is 0 Å². The molecule has 0 aliphatic carbocycles. The zero-order valence-corrected chi connectivity index (χ0v) is 20.4. The van der Waals surface area contributed by atoms with Crippen LogP contribution in [0, 0.1) is 11.8 Å². The third-order valence-electron chi connectivity index (χ3n) is 6.88. The van der Waals surface area contributed by atoms with Crippen LogP contribution in [-0.2, 0) is 30.3 Å². The Labute approximate surface area is 202 Å². The Kier molecular flexibility index (Phi) is 9.48. The van der Waals surface area contributed by atoms with Crippen molar-refractivity contribution in [2.24, 2.45) is 11.8 Å². The minimum absolute atomic E-state index is 0.0360. The number of benzene rings is 1. The third-order valence-corrected chi connectivity index (χ3v) is 6.88. The van der Waals surface area contributed by atoms with Gasteiger partial charge in [-0.25, -0.2) is 0 Å². The van der Waals surface area contributed by atoms with E-state index in [1.165, 1.54) is 4.90 Å². The van der Waals surface area contributed by atoms with Crippen LogP contribution in [-0.4, -0.2) is 84.8 Å². The number of rotatable bonds is 8. The highest BCUT2D eigenvalue weighted by Crippen LogP contribution is 2.22. The highest BCUT2D eigenvalue weighted by Gasteiger charge is 2.32. The molecule has 2 fully saturated rings. The average Bonchev–Trinajstić information content (AvgIpc) is 2.87. The number of amides is 3. The van der Waals surface area contributed by atoms with Crippen LogP contribution in [0.25, 0.3) is 0 Å². The maximum Gasteiger partial charge on any atom is 0.309 e. The van der Waals surface area contributed by atoms with Crippen LogP contribution in [0.4, 0.5) is 0 Å². The highest BCUT2D eigenvalue weighted by molar-refractivity contribution is 5.86. The van der Waals surface area contributed by atoms with Crippen molar-refractivity contribution in [2.75, 3.05) is 46.4 Å². The number of likely N-dealkylation sites (N-methyl/N-ethyl adjacent to an activating group) is 1. The molecule has 0 bridgehead atoms. The molecule has 2 aliphatic rings. The van der Waals surface area contributed by atoms with Crippen molar-refractivity contribution in [1.82, 2.24) is 14.7 Å². The number of esters is 1. The SMILES string of the molecule is CCOC(=O)C1CCN(C(=O)CN(C)C(=O)C2CCN(C(=O)CCc3ccccc3)CC2)CC1. The second kappa shape index (κ2) is 12.5. The zero-order valence-electron chi connectivity index (χ0n) is 20.4. The Hall–Kier alpha value is -2.90. The van der Waals surface area contributed by atoms with Crippen LogP contribution in [0.5, 0.6) is 0 Å². The van der Waals surface area contributed by atoms with Gasteiger partial charge in [-0.15, -0.1) is 0 Å². The summed E-state index contributed by atoms with van der Waals surface area (Å²) in [6, 6.07) is 9.97. The average molecular weight is 472 g/mol. The minimum Gasteiger partial charge on any atom is -0.466 e. The van der Waals surface area contributed by atoms with Crippen LogP contribution in [0.2, 0.25) is 0 Å². The number of aryl methyl sites for hydroxylation is 1. The molecule has 3 amide bonds. The first kappa shape index (κ1) is 25.7. The van der Waals surface area contributed by atoms with Crippen LogP contribution in [0.3, 0.4) is 0 Å². The van der Waals surface area contributed by atoms with E-state index in [2.05, 4.69) is 0 Å². The lowest BCUT2D eigenvalue weighted by molar-refractivity contribution is -0.151. The molecule has 0 atom stereocenters. The lowest BCUT2D eigenvalue weighted by atomic mass is 9.94. The Morgan fingerprint density at radius 3 is 2.03 bits per heavy atom. The molecular formula is C26H37N3O5. The Morgan fingerprint density at radius 2 is 1.44 bits per heavy atom. The van der Waals surface area contributed by atoms with Gasteiger partial charge in [-0.1, -0.05) is 30.3 Å². The van der Waals surface area contributed by atoms with Crippen molar-refractivity contribution in [3.63, 3.8) is 0 Å². The predicted molar refractivity (Wildman–Crippen MR) is 128 cm³/mol. The fraction of sp³-hybridized carbons (Fsp3) is 0.615. The zero-order chi connectivity index (χ0) is 24.5. The molecule has 186 valence electrons. The summed E-state index contributed by atoms with van der Waals surface area (Å²) in [4.78, 5) is 55.1. The van der Waals surface area contributed by atoms with Gasteiger partial charge in [0.25, 0.3) is 0 Å². The van der Waals surface area contributed by atoms with E-state index in [4.69, 9.17) is 4.74 Å². The van der Waals surface area contributed by atoms with E-state index in [1.54, 1.807) is 18.9 Å². The number of hydrogen-bond acceptors (Lipinski definition) is 5. The normalized spacial score (nSPS) is 17.4. The van der Waals surface area contributed by atoms with Crippen molar-refractivity contribution in [1.29, 1.82) is 0 Å². The molecule has 0 radical (unpaired) electrons. The molecule has 0 N–H and O–H groups in total. The van der Waals surface area contributed by atoms with E-state index < -0.39 is 0 Å². The van der Waals surface area contributed by atoms with Gasteiger partial charge >= 0.3 is 5.97 Å². The predicted octanol–water partition coefficient (Wildman–Crippen LogP) is 2.12. The number of ether oxygens (including phenoxy) is 1. The number of carbonyl (C=O) groups is 4. The first-order chi connectivity index (χ1) is 16.4. The number of piperidine rings is 2. The van der Waals surface area contributed by atoms with Gasteiger partial charge in [-0.05, 0) is 44.6 Å². The molecule has 0 spiro atoms. The summed E-state index contributed by atoms with van der Waals surface area (Å²) in [5.74, 6) is -0.497. The lowest BCUT2D eigenvalue weighted by Gasteiger charge is -2.35. The molecule has 1 aromatic rings. The summed E-state index contributed by atoms with van der Waals surface area (Å²) in [6.07, 6.45) is 3.64. The van der Waals surface area contributed by atoms with E-state index in [-0.39, 0.29) is 42.1 Å². The maximum absolute atomic E-state index is 12.9. The highest BCUT2D eigenvalue weighted by atomic mass is 16.5. The van der Waals surface area contributed by atoms with Gasteiger partial charge in [0.2, 0.25) is 17.7 Å². The van der Waals surface area contributed by atoms with Crippen LogP contribution < -0.4 is 0 Å². The van der Waals surface area contributed by atoms with Gasteiger partial charge in [-0.3, -0.25) is 19.2 Å². The number of carbonyl (C=O) groups excluding carboxylic acids is 4. The molecule has 2 heterocycles. The summed E-state index contributed by atoms with van der Waals surface area (Å²) >= 11 is 0. The van der Waals surface area contributed by atoms with Crippen molar-refractivity contribution < 1.29 is 23.9 Å². The Bertz CT molecular complexity index is 843. The smallest absolute Gasteiger partial charge is 0.309 e. The standard InChI is InChI=1S/C26H37N3O5/c1-3-34-26(33)22-13-17-29(18-14-22)24(31)19-27(2)25(32)21-11-15-28(16-12-21)23(30)10-9-20-7-5-4-6-8-20/h4-8,21-22H,3,9-19H2,1-2H3. The molecule has 2 aliphatic heterocycles. The summed E-state index contributed by atoms with van der Waals surface area (Å²) in [5.41, 5.74) is 1.15. The molecule has 8 heteroatoms. The molecule has 3 rings (SSSR count). The van der Waals surface area contributed by atoms with Crippen LogP contribution >= 0.6 is 0 Å². The quantitative estimate of drug-likeness (QED) is 0.542. The summed E-state index contributed by atoms with van der Waals surface area (Å²) in [5, 5.41) is 0. The second-order valence-electron chi connectivity index (χ2n) is 9.24. The van der Waals surface area contributed by atoms with Gasteiger partial charge in [0.05, 0.1) is 19.1 Å². The van der Waals surface area contributed by atoms with E-state index in [1.807, 2.05) is 35.2 Å². The third kappa shape index (κ3) is 7.05. The lowest BCUT2D eigenvalue weighted by Crippen LogP contribution is -2.48. The van der Waals surface area contributed by atoms with Crippen LogP contribution in [0.1, 0.15) is 44.6 Å². The van der Waals surface area contributed by atoms with Crippen molar-refractivity contribution in [3.05, 3.63) is 35.9 Å². The number of likely N-dealkylation sites (tertiary alicyclic amines) is 2. The molecule has 0 aromatic heterocycles. The van der Waals surface area contributed by atoms with Gasteiger partial charge in [-0.2, -0.15) is 0 Å². The fourth-order valence-corrected chi connectivity index (χ4v) is 4.75. The Balaban J connectivity index is 1.37. The minimum atomic E-state index is -0.188. The first-order valence-corrected chi connectivity index (χ1v) is 12.4. The molecule has 0 unspecified atom stereocenters. The molecule has 1 aromatic carbocycles. The van der Waals surface area contributed by atoms with E-state index in [9.17, 15) is 19.2 Å². The van der Waals surface area contributed by atoms with Crippen molar-refractivity contribution in [2.45, 2.75) is 45.4 Å². The number of hydrogen-bond donors (Lipinski definition) is 0. The van der Waals surface area contributed by atoms with Crippen molar-refractivity contribution >= 4 is 23.7 Å². The van der Waals surface area contributed by atoms with Gasteiger partial charge in [0.1, 0.15) is 0 Å². The molecule has 2 saturated heterocycles. The topological polar surface area (TPSA) is 87.2 Å². The Morgan fingerprint density at radius 1 is 0.882 bits per heavy atom. The molecule has 0 saturated carbocycles. The maximum atomic E-state index is 12.9.